The Balaban J connectivity index is 2.28. The second kappa shape index (κ2) is 3.59. The molecule has 0 spiro atoms. The van der Waals surface area contributed by atoms with E-state index in [4.69, 9.17) is 9.84 Å². The Labute approximate surface area is 85.7 Å². The van der Waals surface area contributed by atoms with Gasteiger partial charge in [-0.2, -0.15) is 0 Å². The van der Waals surface area contributed by atoms with E-state index in [0.29, 0.717) is 6.61 Å². The molecule has 0 bridgehead atoms. The molecular formula is C9H11NO3S. The molecule has 1 aliphatic heterocycles. The number of hydrogen-bond acceptors (Lipinski definition) is 3. The van der Waals surface area contributed by atoms with Crippen molar-refractivity contribution in [2.24, 2.45) is 0 Å². The summed E-state index contributed by atoms with van der Waals surface area (Å²) in [5, 5.41) is 10.8. The molecule has 1 aromatic heterocycles. The fourth-order valence-electron chi connectivity index (χ4n) is 1.55. The van der Waals surface area contributed by atoms with Crippen LogP contribution in [0.3, 0.4) is 0 Å². The third-order valence-corrected chi connectivity index (χ3v) is 3.30. The van der Waals surface area contributed by atoms with Crippen molar-refractivity contribution in [2.45, 2.75) is 12.6 Å². The van der Waals surface area contributed by atoms with Crippen LogP contribution in [0.4, 0.5) is 4.79 Å². The summed E-state index contributed by atoms with van der Waals surface area (Å²) < 4.78 is 5.44. The molecule has 0 radical (unpaired) electrons. The first-order valence-corrected chi connectivity index (χ1v) is 5.21. The molecule has 1 atom stereocenters. The van der Waals surface area contributed by atoms with Gasteiger partial charge < -0.3 is 9.84 Å². The number of amides is 1. The molecule has 0 aliphatic carbocycles. The van der Waals surface area contributed by atoms with Gasteiger partial charge in [0.2, 0.25) is 0 Å². The minimum Gasteiger partial charge on any atom is -0.465 e. The van der Waals surface area contributed by atoms with Crippen molar-refractivity contribution < 1.29 is 14.6 Å². The molecule has 1 aliphatic rings. The lowest BCUT2D eigenvalue weighted by Crippen LogP contribution is -2.34. The van der Waals surface area contributed by atoms with E-state index >= 15 is 0 Å². The first-order chi connectivity index (χ1) is 6.70. The topological polar surface area (TPSA) is 49.8 Å². The maximum Gasteiger partial charge on any atom is 0.409 e. The van der Waals surface area contributed by atoms with Crippen LogP contribution in [-0.2, 0) is 11.2 Å². The smallest absolute Gasteiger partial charge is 0.409 e. The Bertz CT molecular complexity index is 350. The van der Waals surface area contributed by atoms with Gasteiger partial charge in [0.05, 0.1) is 6.61 Å². The molecule has 1 N–H and O–H groups in total. The average Bonchev–Trinajstić information content (AvgIpc) is 2.63. The van der Waals surface area contributed by atoms with E-state index in [0.717, 1.165) is 12.0 Å². The van der Waals surface area contributed by atoms with Crippen molar-refractivity contribution in [3.63, 3.8) is 0 Å². The fraction of sp³-hybridized carbons (Fsp3) is 0.444. The van der Waals surface area contributed by atoms with Crippen molar-refractivity contribution in [2.75, 3.05) is 13.7 Å². The number of hydrogen-bond donors (Lipinski definition) is 1. The molecule has 1 aromatic rings. The highest BCUT2D eigenvalue weighted by atomic mass is 32.1. The van der Waals surface area contributed by atoms with Gasteiger partial charge in [0.15, 0.2) is 6.23 Å². The minimum absolute atomic E-state index is 0.428. The first-order valence-electron chi connectivity index (χ1n) is 4.34. The maximum atomic E-state index is 10.8. The molecule has 0 aromatic carbocycles. The van der Waals surface area contributed by atoms with Gasteiger partial charge in [-0.1, -0.05) is 0 Å². The summed E-state index contributed by atoms with van der Waals surface area (Å²) in [5.41, 5.74) is 0.992. The summed E-state index contributed by atoms with van der Waals surface area (Å²) in [7, 11) is 1.53. The average molecular weight is 213 g/mol. The normalized spacial score (nSPS) is 20.2. The monoisotopic (exact) mass is 213 g/mol. The molecule has 14 heavy (non-hydrogen) atoms. The van der Waals surface area contributed by atoms with E-state index in [1.165, 1.54) is 16.8 Å². The van der Waals surface area contributed by atoms with Gasteiger partial charge in [-0.25, -0.2) is 4.79 Å². The summed E-state index contributed by atoms with van der Waals surface area (Å²) >= 11 is 1.66. The number of rotatable bonds is 1. The van der Waals surface area contributed by atoms with E-state index in [2.05, 4.69) is 0 Å². The highest BCUT2D eigenvalue weighted by molar-refractivity contribution is 7.10. The van der Waals surface area contributed by atoms with Crippen molar-refractivity contribution in [1.29, 1.82) is 0 Å². The lowest BCUT2D eigenvalue weighted by Gasteiger charge is -2.29. The van der Waals surface area contributed by atoms with E-state index in [1.54, 1.807) is 11.3 Å². The van der Waals surface area contributed by atoms with Crippen molar-refractivity contribution in [3.05, 3.63) is 21.9 Å². The predicted molar refractivity (Wildman–Crippen MR) is 52.5 cm³/mol. The van der Waals surface area contributed by atoms with Gasteiger partial charge in [0.1, 0.15) is 0 Å². The number of carboxylic acid groups (broad SMARTS) is 1. The molecule has 1 unspecified atom stereocenters. The molecule has 2 rings (SSSR count). The summed E-state index contributed by atoms with van der Waals surface area (Å²) in [6.07, 6.45) is -0.506. The first kappa shape index (κ1) is 9.48. The standard InChI is InChI=1S/C9H11NO3S/c1-10(9(11)12)8-6-3-5-14-7(6)2-4-13-8/h3,5,8H,2,4H2,1H3,(H,11,12). The summed E-state index contributed by atoms with van der Waals surface area (Å²) in [6, 6.07) is 1.93. The fourth-order valence-corrected chi connectivity index (χ4v) is 2.43. The van der Waals surface area contributed by atoms with Gasteiger partial charge in [-0.3, -0.25) is 4.90 Å². The van der Waals surface area contributed by atoms with Gasteiger partial charge in [0.25, 0.3) is 0 Å². The lowest BCUT2D eigenvalue weighted by molar-refractivity contribution is -0.0465. The number of carbonyl (C=O) groups is 1. The Kier molecular flexibility index (Phi) is 2.43. The number of thiophene rings is 1. The van der Waals surface area contributed by atoms with E-state index in [9.17, 15) is 4.79 Å². The zero-order chi connectivity index (χ0) is 10.1. The number of ether oxygens (including phenoxy) is 1. The highest BCUT2D eigenvalue weighted by Crippen LogP contribution is 2.32. The van der Waals surface area contributed by atoms with E-state index < -0.39 is 12.3 Å². The predicted octanol–water partition coefficient (Wildman–Crippen LogP) is 1.93. The molecule has 0 fully saturated rings. The lowest BCUT2D eigenvalue weighted by atomic mass is 10.1. The zero-order valence-corrected chi connectivity index (χ0v) is 8.58. The molecular weight excluding hydrogens is 202 g/mol. The molecule has 4 nitrogen and oxygen atoms in total. The number of fused-ring (bicyclic) bond motifs is 1. The summed E-state index contributed by atoms with van der Waals surface area (Å²) in [5.74, 6) is 0. The van der Waals surface area contributed by atoms with Crippen LogP contribution in [0.5, 0.6) is 0 Å². The van der Waals surface area contributed by atoms with Crippen LogP contribution >= 0.6 is 11.3 Å². The molecule has 0 saturated heterocycles. The largest absolute Gasteiger partial charge is 0.465 e. The van der Waals surface area contributed by atoms with Crippen LogP contribution in [0.15, 0.2) is 11.4 Å². The Morgan fingerprint density at radius 2 is 2.57 bits per heavy atom. The van der Waals surface area contributed by atoms with Crippen LogP contribution in [0, 0.1) is 0 Å². The summed E-state index contributed by atoms with van der Waals surface area (Å²) in [4.78, 5) is 13.2. The Morgan fingerprint density at radius 3 is 3.29 bits per heavy atom. The van der Waals surface area contributed by atoms with Crippen LogP contribution in [0.25, 0.3) is 0 Å². The van der Waals surface area contributed by atoms with Crippen LogP contribution in [-0.4, -0.2) is 29.8 Å². The second-order valence-electron chi connectivity index (χ2n) is 3.17. The molecule has 5 heteroatoms. The van der Waals surface area contributed by atoms with E-state index in [-0.39, 0.29) is 0 Å². The van der Waals surface area contributed by atoms with Crippen LogP contribution in [0.1, 0.15) is 16.7 Å². The Hall–Kier alpha value is -1.07. The highest BCUT2D eigenvalue weighted by Gasteiger charge is 2.27. The van der Waals surface area contributed by atoms with Crippen molar-refractivity contribution in [1.82, 2.24) is 4.90 Å². The van der Waals surface area contributed by atoms with Crippen LogP contribution < -0.4 is 0 Å². The van der Waals surface area contributed by atoms with Crippen molar-refractivity contribution >= 4 is 17.4 Å². The zero-order valence-electron chi connectivity index (χ0n) is 7.77. The second-order valence-corrected chi connectivity index (χ2v) is 4.17. The molecule has 76 valence electrons. The van der Waals surface area contributed by atoms with Gasteiger partial charge in [0, 0.05) is 23.9 Å². The SMILES string of the molecule is CN(C(=O)O)C1OCCc2sccc21. The third-order valence-electron chi connectivity index (χ3n) is 2.30. The number of nitrogens with zero attached hydrogens (tertiary/aromatic N) is 1. The van der Waals surface area contributed by atoms with E-state index in [1.807, 2.05) is 11.4 Å². The molecule has 1 amide bonds. The maximum absolute atomic E-state index is 10.8. The third kappa shape index (κ3) is 1.49. The van der Waals surface area contributed by atoms with Gasteiger partial charge in [-0.05, 0) is 11.4 Å². The molecule has 0 saturated carbocycles. The van der Waals surface area contributed by atoms with Crippen molar-refractivity contribution in [3.8, 4) is 0 Å². The quantitative estimate of drug-likeness (QED) is 0.775. The Morgan fingerprint density at radius 1 is 1.79 bits per heavy atom. The summed E-state index contributed by atoms with van der Waals surface area (Å²) in [6.45, 7) is 0.593. The van der Waals surface area contributed by atoms with Gasteiger partial charge >= 0.3 is 6.09 Å². The van der Waals surface area contributed by atoms with Gasteiger partial charge in [-0.15, -0.1) is 11.3 Å². The van der Waals surface area contributed by atoms with Crippen LogP contribution in [0.2, 0.25) is 0 Å². The minimum atomic E-state index is -0.964. The molecule has 2 heterocycles.